The Balaban J connectivity index is 1.42. The first-order valence-corrected chi connectivity index (χ1v) is 9.29. The number of hydrogen-bond acceptors (Lipinski definition) is 6. The minimum Gasteiger partial charge on any atom is -0.378 e. The van der Waals surface area contributed by atoms with Gasteiger partial charge >= 0.3 is 0 Å². The summed E-state index contributed by atoms with van der Waals surface area (Å²) < 4.78 is 11.4. The molecule has 6 heteroatoms. The second-order valence-corrected chi connectivity index (χ2v) is 7.63. The summed E-state index contributed by atoms with van der Waals surface area (Å²) in [6.07, 6.45) is 5.47. The van der Waals surface area contributed by atoms with Crippen LogP contribution in [0.25, 0.3) is 10.7 Å². The summed E-state index contributed by atoms with van der Waals surface area (Å²) in [5.41, 5.74) is 0.376. The molecule has 2 aromatic heterocycles. The van der Waals surface area contributed by atoms with Crippen LogP contribution in [0.3, 0.4) is 0 Å². The van der Waals surface area contributed by atoms with E-state index >= 15 is 0 Å². The molecule has 1 spiro atoms. The van der Waals surface area contributed by atoms with Crippen LogP contribution in [-0.2, 0) is 11.3 Å². The van der Waals surface area contributed by atoms with Crippen molar-refractivity contribution in [3.63, 3.8) is 0 Å². The molecule has 2 unspecified atom stereocenters. The van der Waals surface area contributed by atoms with Crippen LogP contribution in [0.2, 0.25) is 0 Å². The van der Waals surface area contributed by atoms with E-state index < -0.39 is 0 Å². The van der Waals surface area contributed by atoms with E-state index in [4.69, 9.17) is 9.26 Å². The lowest BCUT2D eigenvalue weighted by atomic mass is 9.50. The smallest absolute Gasteiger partial charge is 0.241 e. The Hall–Kier alpha value is -1.24. The van der Waals surface area contributed by atoms with Crippen LogP contribution in [0.1, 0.15) is 38.5 Å². The molecule has 2 atom stereocenters. The van der Waals surface area contributed by atoms with Crippen molar-refractivity contribution in [2.75, 3.05) is 13.7 Å². The normalized spacial score (nSPS) is 25.5. The number of hydrogen-bond donors (Lipinski definition) is 0. The molecule has 2 aromatic rings. The average molecular weight is 333 g/mol. The van der Waals surface area contributed by atoms with Gasteiger partial charge in [0, 0.05) is 18.1 Å². The molecule has 2 heterocycles. The number of nitrogens with zero attached hydrogens (tertiary/aromatic N) is 3. The van der Waals surface area contributed by atoms with E-state index in [9.17, 15) is 0 Å². The molecule has 0 aliphatic heterocycles. The van der Waals surface area contributed by atoms with Gasteiger partial charge in [-0.25, -0.2) is 0 Å². The van der Waals surface area contributed by atoms with Crippen LogP contribution < -0.4 is 0 Å². The standard InChI is InChI=1S/C17H23N3O2S/c1-3-21-14-10-13(17(14)7-5-8-17)20(2)11-15-18-16(19-22-15)12-6-4-9-23-12/h4,6,9,13-14H,3,5,7-8,10-11H2,1-2H3. The summed E-state index contributed by atoms with van der Waals surface area (Å²) >= 11 is 1.63. The molecule has 2 saturated carbocycles. The van der Waals surface area contributed by atoms with Crippen LogP contribution in [0, 0.1) is 5.41 Å². The average Bonchev–Trinajstić information content (AvgIpc) is 3.11. The first-order valence-electron chi connectivity index (χ1n) is 8.41. The highest BCUT2D eigenvalue weighted by molar-refractivity contribution is 7.13. The molecule has 0 aromatic carbocycles. The zero-order valence-electron chi connectivity index (χ0n) is 13.7. The highest BCUT2D eigenvalue weighted by Gasteiger charge is 2.60. The summed E-state index contributed by atoms with van der Waals surface area (Å²) in [6.45, 7) is 3.62. The molecule has 2 aliphatic rings. The van der Waals surface area contributed by atoms with Crippen molar-refractivity contribution in [3.8, 4) is 10.7 Å². The third-order valence-corrected chi connectivity index (χ3v) is 6.39. The molecule has 0 saturated heterocycles. The van der Waals surface area contributed by atoms with E-state index in [0.29, 0.717) is 35.8 Å². The fraction of sp³-hybridized carbons (Fsp3) is 0.647. The molecule has 23 heavy (non-hydrogen) atoms. The number of rotatable bonds is 6. The number of thiophene rings is 1. The molecule has 4 rings (SSSR count). The van der Waals surface area contributed by atoms with Crippen molar-refractivity contribution in [1.82, 2.24) is 15.0 Å². The maximum absolute atomic E-state index is 5.94. The quantitative estimate of drug-likeness (QED) is 0.809. The van der Waals surface area contributed by atoms with Crippen LogP contribution in [-0.4, -0.2) is 40.8 Å². The Kier molecular flexibility index (Phi) is 3.99. The van der Waals surface area contributed by atoms with Gasteiger partial charge in [0.2, 0.25) is 11.7 Å². The third-order valence-electron chi connectivity index (χ3n) is 5.52. The molecular weight excluding hydrogens is 310 g/mol. The molecular formula is C17H23N3O2S. The molecule has 5 nitrogen and oxygen atoms in total. The Morgan fingerprint density at radius 3 is 3.00 bits per heavy atom. The summed E-state index contributed by atoms with van der Waals surface area (Å²) in [5.74, 6) is 1.40. The fourth-order valence-electron chi connectivity index (χ4n) is 4.17. The maximum Gasteiger partial charge on any atom is 0.241 e. The number of aromatic nitrogens is 2. The Bertz CT molecular complexity index is 651. The molecule has 2 aliphatic carbocycles. The Morgan fingerprint density at radius 2 is 2.35 bits per heavy atom. The first kappa shape index (κ1) is 15.3. The lowest BCUT2D eigenvalue weighted by Gasteiger charge is -2.63. The zero-order valence-corrected chi connectivity index (χ0v) is 14.5. The first-order chi connectivity index (χ1) is 11.2. The Morgan fingerprint density at radius 1 is 1.48 bits per heavy atom. The van der Waals surface area contributed by atoms with Crippen molar-refractivity contribution < 1.29 is 9.26 Å². The van der Waals surface area contributed by atoms with Gasteiger partial charge < -0.3 is 9.26 Å². The van der Waals surface area contributed by atoms with E-state index in [1.807, 2.05) is 17.5 Å². The summed E-state index contributed by atoms with van der Waals surface area (Å²) in [7, 11) is 2.17. The van der Waals surface area contributed by atoms with Gasteiger partial charge in [0.25, 0.3) is 0 Å². The number of ether oxygens (including phenoxy) is 1. The van der Waals surface area contributed by atoms with E-state index in [2.05, 4.69) is 29.0 Å². The van der Waals surface area contributed by atoms with Crippen LogP contribution >= 0.6 is 11.3 Å². The second-order valence-electron chi connectivity index (χ2n) is 6.69. The summed E-state index contributed by atoms with van der Waals surface area (Å²) in [5, 5.41) is 6.13. The van der Waals surface area contributed by atoms with Gasteiger partial charge in [0.05, 0.1) is 17.5 Å². The van der Waals surface area contributed by atoms with Gasteiger partial charge in [0.1, 0.15) is 0 Å². The van der Waals surface area contributed by atoms with Crippen molar-refractivity contribution >= 4 is 11.3 Å². The monoisotopic (exact) mass is 333 g/mol. The van der Waals surface area contributed by atoms with Crippen LogP contribution in [0.4, 0.5) is 0 Å². The van der Waals surface area contributed by atoms with Gasteiger partial charge in [-0.1, -0.05) is 17.6 Å². The van der Waals surface area contributed by atoms with Gasteiger partial charge in [-0.2, -0.15) is 4.98 Å². The minimum atomic E-state index is 0.376. The van der Waals surface area contributed by atoms with Crippen molar-refractivity contribution in [2.24, 2.45) is 5.41 Å². The molecule has 0 bridgehead atoms. The molecule has 0 amide bonds. The third kappa shape index (κ3) is 2.53. The lowest BCUT2D eigenvalue weighted by Crippen LogP contribution is -2.66. The molecule has 0 N–H and O–H groups in total. The zero-order chi connectivity index (χ0) is 15.9. The van der Waals surface area contributed by atoms with Crippen molar-refractivity contribution in [1.29, 1.82) is 0 Å². The second kappa shape index (κ2) is 6.00. The van der Waals surface area contributed by atoms with Crippen molar-refractivity contribution in [2.45, 2.75) is 51.3 Å². The SMILES string of the molecule is CCOC1CC(N(C)Cc2nc(-c3cccs3)no2)C12CCC2. The van der Waals surface area contributed by atoms with Gasteiger partial charge in [-0.3, -0.25) is 4.90 Å². The molecule has 2 fully saturated rings. The van der Waals surface area contributed by atoms with Gasteiger partial charge in [-0.15, -0.1) is 11.3 Å². The van der Waals surface area contributed by atoms with E-state index in [1.165, 1.54) is 19.3 Å². The maximum atomic E-state index is 5.94. The predicted molar refractivity (Wildman–Crippen MR) is 89.2 cm³/mol. The van der Waals surface area contributed by atoms with Crippen LogP contribution in [0.5, 0.6) is 0 Å². The minimum absolute atomic E-state index is 0.376. The molecule has 124 valence electrons. The fourth-order valence-corrected chi connectivity index (χ4v) is 4.82. The highest BCUT2D eigenvalue weighted by Crippen LogP contribution is 2.59. The van der Waals surface area contributed by atoms with E-state index in [1.54, 1.807) is 11.3 Å². The van der Waals surface area contributed by atoms with Gasteiger partial charge in [0.15, 0.2) is 0 Å². The highest BCUT2D eigenvalue weighted by atomic mass is 32.1. The van der Waals surface area contributed by atoms with E-state index in [-0.39, 0.29) is 0 Å². The van der Waals surface area contributed by atoms with Crippen molar-refractivity contribution in [3.05, 3.63) is 23.4 Å². The Labute approximate surface area is 140 Å². The van der Waals surface area contributed by atoms with Crippen LogP contribution in [0.15, 0.2) is 22.0 Å². The lowest BCUT2D eigenvalue weighted by molar-refractivity contribution is -0.202. The van der Waals surface area contributed by atoms with E-state index in [0.717, 1.165) is 17.9 Å². The topological polar surface area (TPSA) is 51.4 Å². The summed E-state index contributed by atoms with van der Waals surface area (Å²) in [6, 6.07) is 4.60. The molecule has 0 radical (unpaired) electrons. The predicted octanol–water partition coefficient (Wildman–Crippen LogP) is 3.58. The van der Waals surface area contributed by atoms with Gasteiger partial charge in [-0.05, 0) is 44.7 Å². The largest absolute Gasteiger partial charge is 0.378 e. The summed E-state index contributed by atoms with van der Waals surface area (Å²) in [4.78, 5) is 7.97.